The number of benzene rings is 2. The summed E-state index contributed by atoms with van der Waals surface area (Å²) in [4.78, 5) is 41.4. The van der Waals surface area contributed by atoms with E-state index in [0.717, 1.165) is 62.5 Å². The number of ether oxygens (including phenoxy) is 2. The van der Waals surface area contributed by atoms with E-state index < -0.39 is 43.1 Å². The Hall–Kier alpha value is -5.27. The first-order valence-electron chi connectivity index (χ1n) is 25.7. The van der Waals surface area contributed by atoms with E-state index in [2.05, 4.69) is 54.3 Å². The molecule has 16 nitrogen and oxygen atoms in total. The fourth-order valence-electron chi connectivity index (χ4n) is 12.6. The average Bonchev–Trinajstić information content (AvgIpc) is 4.04. The predicted molar refractivity (Wildman–Crippen MR) is 276 cm³/mol. The molecule has 1 amide bonds. The number of pyridine rings is 1. The van der Waals surface area contributed by atoms with Gasteiger partial charge in [-0.25, -0.2) is 13.1 Å². The first-order valence-corrected chi connectivity index (χ1v) is 28.1. The van der Waals surface area contributed by atoms with Crippen LogP contribution in [0.25, 0.3) is 11.0 Å². The number of fused-ring (bicyclic) bond motifs is 3. The molecule has 6 aliphatic rings. The number of aromatic amines is 1. The smallest absolute Gasteiger partial charge is 0.293 e. The molecule has 71 heavy (non-hydrogen) atoms. The van der Waals surface area contributed by atoms with E-state index in [1.165, 1.54) is 49.8 Å². The van der Waals surface area contributed by atoms with Gasteiger partial charge in [-0.1, -0.05) is 20.3 Å². The van der Waals surface area contributed by atoms with E-state index in [0.29, 0.717) is 85.3 Å². The summed E-state index contributed by atoms with van der Waals surface area (Å²) in [5.41, 5.74) is 5.28. The average molecular weight is 1010 g/mol. The number of nitrogens with one attached hydrogen (secondary N) is 3. The third-order valence-corrected chi connectivity index (χ3v) is 18.9. The number of carbonyl (C=O) groups is 1. The number of thiophene rings is 1. The van der Waals surface area contributed by atoms with Gasteiger partial charge in [-0.05, 0) is 166 Å². The first-order chi connectivity index (χ1) is 34.1. The van der Waals surface area contributed by atoms with Gasteiger partial charge in [0.2, 0.25) is 5.88 Å². The van der Waals surface area contributed by atoms with Gasteiger partial charge < -0.3 is 34.7 Å². The third-order valence-electron chi connectivity index (χ3n) is 16.8. The Kier molecular flexibility index (Phi) is 12.8. The van der Waals surface area contributed by atoms with Crippen LogP contribution >= 0.6 is 11.3 Å². The number of hydrogen-bond donors (Lipinski definition) is 4. The maximum atomic E-state index is 14.7. The second-order valence-electron chi connectivity index (χ2n) is 21.8. The van der Waals surface area contributed by atoms with Gasteiger partial charge in [-0.2, -0.15) is 16.3 Å². The summed E-state index contributed by atoms with van der Waals surface area (Å²) in [6.45, 7) is 10.5. The van der Waals surface area contributed by atoms with Crippen molar-refractivity contribution in [3.63, 3.8) is 0 Å². The van der Waals surface area contributed by atoms with Crippen molar-refractivity contribution >= 4 is 66.7 Å². The Bertz CT molecular complexity index is 2910. The van der Waals surface area contributed by atoms with E-state index in [9.17, 15) is 28.4 Å². The molecule has 2 aliphatic carbocycles. The summed E-state index contributed by atoms with van der Waals surface area (Å²) < 4.78 is 43.1. The highest BCUT2D eigenvalue weighted by Gasteiger charge is 2.50. The van der Waals surface area contributed by atoms with Gasteiger partial charge in [0.1, 0.15) is 23.1 Å². The molecule has 3 atom stereocenters. The predicted octanol–water partition coefficient (Wildman–Crippen LogP) is 9.79. The second-order valence-corrected chi connectivity index (χ2v) is 24.2. The maximum Gasteiger partial charge on any atom is 0.293 e. The number of nitro benzene ring substituents is 1. The Morgan fingerprint density at radius 2 is 1.80 bits per heavy atom. The molecule has 5 fully saturated rings. The van der Waals surface area contributed by atoms with E-state index >= 15 is 0 Å². The molecule has 2 aromatic carbocycles. The summed E-state index contributed by atoms with van der Waals surface area (Å²) in [5.74, 6) is 0.233. The van der Waals surface area contributed by atoms with Gasteiger partial charge in [0, 0.05) is 61.7 Å². The van der Waals surface area contributed by atoms with Crippen molar-refractivity contribution in [1.29, 1.82) is 0 Å². The lowest BCUT2D eigenvalue weighted by Crippen LogP contribution is -2.56. The topological polar surface area (TPSA) is 196 Å². The van der Waals surface area contributed by atoms with Gasteiger partial charge in [0.05, 0.1) is 39.3 Å². The molecular formula is C53H66N8O8S2. The number of amides is 1. The van der Waals surface area contributed by atoms with Crippen LogP contribution in [0.3, 0.4) is 0 Å². The number of nitro groups is 1. The van der Waals surface area contributed by atoms with Crippen molar-refractivity contribution in [3.05, 3.63) is 92.3 Å². The zero-order chi connectivity index (χ0) is 49.2. The van der Waals surface area contributed by atoms with Gasteiger partial charge in [0.25, 0.3) is 21.6 Å². The lowest BCUT2D eigenvalue weighted by atomic mass is 9.59. The summed E-state index contributed by atoms with van der Waals surface area (Å²) in [6, 6.07) is 14.0. The van der Waals surface area contributed by atoms with Crippen LogP contribution in [0, 0.1) is 21.4 Å². The van der Waals surface area contributed by atoms with Crippen LogP contribution < -0.4 is 24.6 Å². The number of sulfonamides is 1. The number of aromatic nitrogens is 2. The van der Waals surface area contributed by atoms with Gasteiger partial charge in [-0.15, -0.1) is 0 Å². The minimum atomic E-state index is -4.61. The molecule has 0 bridgehead atoms. The standard InChI is InChI=1S/C53H66N8O8S2/c1-33(2)40-31-70-32-41(40)43-6-4-5-20-59(43)37-27-53(28-37)17-21-58(22-18-53)36-7-9-39(45(25-36)60-44-14-23-68-30-48(44)69-51-47(60)24-35-13-19-54-49(35)56-51)50(62)57-71(66,67)38-8-10-42(46(26-38)61(64)65)55-29-34-11-15-52(3,63)16-12-34/h7-10,13,19,24-26,31-34,37,43-44,48,55,63H,4-6,11-12,14-18,20-23,27-30H2,1-3H3,(H,54,56)(H,57,62)/t34-,43-,44-,48-,52-/m0/s1. The van der Waals surface area contributed by atoms with Crippen molar-refractivity contribution in [1.82, 2.24) is 19.6 Å². The highest BCUT2D eigenvalue weighted by Crippen LogP contribution is 2.55. The summed E-state index contributed by atoms with van der Waals surface area (Å²) in [7, 11) is -4.61. The zero-order valence-corrected chi connectivity index (χ0v) is 42.5. The SMILES string of the molecule is CC(C)c1cscc1[C@@H]1CCCCN1C1CC2(CCN(c3ccc(C(=O)NS(=O)(=O)c4ccc(NC[C@H]5CC[C@](C)(O)CC5)c([N+](=O)[O-])c4)c(N4c5cc6cc[nH]c6nc5O[C@H]5COCC[C@@H]54)c3)CC2)C1. The quantitative estimate of drug-likeness (QED) is 0.0682. The fraction of sp³-hybridized carbons (Fsp3) is 0.547. The molecule has 3 saturated heterocycles. The molecule has 378 valence electrons. The molecule has 2 saturated carbocycles. The number of likely N-dealkylation sites (tertiary alicyclic amines) is 1. The number of anilines is 4. The van der Waals surface area contributed by atoms with Crippen molar-refractivity contribution in [2.75, 3.05) is 54.5 Å². The van der Waals surface area contributed by atoms with Crippen molar-refractivity contribution in [3.8, 4) is 5.88 Å². The minimum Gasteiger partial charge on any atom is -0.468 e. The summed E-state index contributed by atoms with van der Waals surface area (Å²) in [5, 5.41) is 31.5. The van der Waals surface area contributed by atoms with Crippen molar-refractivity contribution in [2.45, 2.75) is 138 Å². The van der Waals surface area contributed by atoms with E-state index in [-0.39, 0.29) is 23.2 Å². The molecular weight excluding hydrogens is 941 g/mol. The highest BCUT2D eigenvalue weighted by atomic mass is 32.2. The van der Waals surface area contributed by atoms with Crippen LogP contribution in [0.2, 0.25) is 0 Å². The molecule has 11 rings (SSSR count). The van der Waals surface area contributed by atoms with E-state index in [1.54, 1.807) is 11.6 Å². The van der Waals surface area contributed by atoms with Crippen LogP contribution in [-0.4, -0.2) is 102 Å². The lowest BCUT2D eigenvalue weighted by molar-refractivity contribution is -0.384. The van der Waals surface area contributed by atoms with Crippen molar-refractivity contribution in [2.24, 2.45) is 11.3 Å². The number of piperidine rings is 2. The Morgan fingerprint density at radius 1 is 1.00 bits per heavy atom. The normalized spacial score (nSPS) is 25.9. The second kappa shape index (κ2) is 19.0. The first kappa shape index (κ1) is 48.0. The zero-order valence-electron chi connectivity index (χ0n) is 40.9. The number of nitrogens with zero attached hydrogens (tertiary/aromatic N) is 5. The number of aliphatic hydroxyl groups is 1. The molecule has 0 unspecified atom stereocenters. The molecule has 7 heterocycles. The molecule has 1 spiro atoms. The molecule has 4 aliphatic heterocycles. The number of rotatable bonds is 12. The molecule has 5 aromatic rings. The number of carbonyl (C=O) groups excluding carboxylic acids is 1. The van der Waals surface area contributed by atoms with E-state index in [4.69, 9.17) is 14.5 Å². The van der Waals surface area contributed by atoms with Crippen LogP contribution in [0.1, 0.15) is 131 Å². The van der Waals surface area contributed by atoms with Gasteiger partial charge in [-0.3, -0.25) is 19.8 Å². The number of hydrogen-bond acceptors (Lipinski definition) is 14. The molecule has 4 N–H and O–H groups in total. The lowest BCUT2D eigenvalue weighted by Gasteiger charge is -2.57. The Balaban J connectivity index is 0.865. The fourth-order valence-corrected chi connectivity index (χ4v) is 14.7. The molecule has 0 radical (unpaired) electrons. The van der Waals surface area contributed by atoms with Gasteiger partial charge >= 0.3 is 0 Å². The maximum absolute atomic E-state index is 14.7. The Morgan fingerprint density at radius 3 is 2.58 bits per heavy atom. The summed E-state index contributed by atoms with van der Waals surface area (Å²) in [6.07, 6.45) is 13.1. The molecule has 3 aromatic heterocycles. The Labute approximate surface area is 419 Å². The molecule has 18 heteroatoms. The number of H-pyrrole nitrogens is 1. The van der Waals surface area contributed by atoms with Crippen LogP contribution in [0.4, 0.5) is 28.4 Å². The van der Waals surface area contributed by atoms with Crippen molar-refractivity contribution < 1.29 is 32.7 Å². The minimum absolute atomic E-state index is 0.126. The third kappa shape index (κ3) is 9.39. The van der Waals surface area contributed by atoms with Gasteiger partial charge in [0.15, 0.2) is 0 Å². The summed E-state index contributed by atoms with van der Waals surface area (Å²) >= 11 is 1.84. The highest BCUT2D eigenvalue weighted by molar-refractivity contribution is 7.90. The van der Waals surface area contributed by atoms with Crippen LogP contribution in [-0.2, 0) is 14.8 Å². The van der Waals surface area contributed by atoms with Crippen LogP contribution in [0.5, 0.6) is 5.88 Å². The van der Waals surface area contributed by atoms with Crippen LogP contribution in [0.15, 0.2) is 70.4 Å². The largest absolute Gasteiger partial charge is 0.468 e. The monoisotopic (exact) mass is 1010 g/mol. The van der Waals surface area contributed by atoms with E-state index in [1.807, 2.05) is 48.7 Å².